The van der Waals surface area contributed by atoms with Gasteiger partial charge in [-0.25, -0.2) is 0 Å². The summed E-state index contributed by atoms with van der Waals surface area (Å²) in [5.74, 6) is 2.73. The van der Waals surface area contributed by atoms with Crippen molar-refractivity contribution in [3.8, 4) is 0 Å². The van der Waals surface area contributed by atoms with Gasteiger partial charge in [0.1, 0.15) is 5.60 Å². The molecule has 3 atom stereocenters. The quantitative estimate of drug-likeness (QED) is 0.668. The van der Waals surface area contributed by atoms with Gasteiger partial charge in [-0.15, -0.1) is 0 Å². The SMILES string of the molecule is CC(C)(C)CC(C)(C(=O)OC12CC3CC4CC(C1)C432)C(C)(C)C. The van der Waals surface area contributed by atoms with Gasteiger partial charge in [-0.2, -0.15) is 0 Å². The highest BCUT2D eigenvalue weighted by Gasteiger charge is 2.90. The van der Waals surface area contributed by atoms with Crippen LogP contribution in [0.3, 0.4) is 0 Å². The summed E-state index contributed by atoms with van der Waals surface area (Å²) in [4.78, 5) is 13.3. The number of ether oxygens (including phenoxy) is 1. The normalized spacial score (nSPS) is 46.0. The number of carbonyl (C=O) groups is 1. The van der Waals surface area contributed by atoms with Gasteiger partial charge in [0.05, 0.1) is 5.41 Å². The molecular weight excluding hydrogens is 284 g/mol. The van der Waals surface area contributed by atoms with Crippen molar-refractivity contribution in [2.24, 2.45) is 39.4 Å². The van der Waals surface area contributed by atoms with Crippen LogP contribution in [0.2, 0.25) is 0 Å². The monoisotopic (exact) mass is 318 g/mol. The summed E-state index contributed by atoms with van der Waals surface area (Å²) in [5.41, 5.74) is 0.0251. The zero-order chi connectivity index (χ0) is 17.1. The van der Waals surface area contributed by atoms with Crippen LogP contribution >= 0.6 is 0 Å². The third-order valence-corrected chi connectivity index (χ3v) is 8.38. The summed E-state index contributed by atoms with van der Waals surface area (Å²) in [6.07, 6.45) is 6.01. The fraction of sp³-hybridized carbons (Fsp3) is 0.952. The van der Waals surface area contributed by atoms with Gasteiger partial charge >= 0.3 is 5.97 Å². The number of rotatable bonds is 3. The van der Waals surface area contributed by atoms with E-state index in [4.69, 9.17) is 4.74 Å². The minimum absolute atomic E-state index is 0.0506. The lowest BCUT2D eigenvalue weighted by Crippen LogP contribution is -2.90. The average Bonchev–Trinajstić information content (AvgIpc) is 2.25. The van der Waals surface area contributed by atoms with Crippen molar-refractivity contribution >= 4 is 5.97 Å². The largest absolute Gasteiger partial charge is 0.458 e. The minimum atomic E-state index is -0.421. The highest BCUT2D eigenvalue weighted by atomic mass is 16.6. The van der Waals surface area contributed by atoms with E-state index >= 15 is 0 Å². The van der Waals surface area contributed by atoms with Crippen molar-refractivity contribution in [2.45, 2.75) is 86.2 Å². The van der Waals surface area contributed by atoms with Crippen LogP contribution in [0.5, 0.6) is 0 Å². The Morgan fingerprint density at radius 1 is 0.957 bits per heavy atom. The van der Waals surface area contributed by atoms with E-state index in [1.165, 1.54) is 12.8 Å². The first-order chi connectivity index (χ1) is 10.4. The highest BCUT2D eigenvalue weighted by molar-refractivity contribution is 5.78. The third kappa shape index (κ3) is 1.64. The van der Waals surface area contributed by atoms with E-state index < -0.39 is 5.41 Å². The minimum Gasteiger partial charge on any atom is -0.458 e. The summed E-state index contributed by atoms with van der Waals surface area (Å²) >= 11 is 0. The standard InChI is InChI=1S/C21H34O2/c1-17(2,3)12-19(7,18(4,5)6)16(22)23-20-10-14-8-13-9-15(11-20)21(13,14)20/h13-15H,8-12H2,1-7H3. The van der Waals surface area contributed by atoms with Crippen LogP contribution in [0.15, 0.2) is 0 Å². The van der Waals surface area contributed by atoms with Gasteiger partial charge < -0.3 is 4.74 Å². The molecule has 4 aliphatic rings. The number of esters is 1. The maximum atomic E-state index is 13.3. The molecule has 0 bridgehead atoms. The molecule has 3 unspecified atom stereocenters. The first-order valence-corrected chi connectivity index (χ1v) is 9.59. The summed E-state index contributed by atoms with van der Waals surface area (Å²) in [5, 5.41) is 0. The molecule has 130 valence electrons. The second kappa shape index (κ2) is 3.99. The molecule has 2 heteroatoms. The molecule has 0 radical (unpaired) electrons. The molecule has 4 rings (SSSR count). The zero-order valence-electron chi connectivity index (χ0n) is 16.1. The Hall–Kier alpha value is -0.530. The van der Waals surface area contributed by atoms with Crippen LogP contribution in [-0.2, 0) is 9.53 Å². The fourth-order valence-electron chi connectivity index (χ4n) is 7.00. The first kappa shape index (κ1) is 16.0. The van der Waals surface area contributed by atoms with E-state index in [-0.39, 0.29) is 22.4 Å². The molecular formula is C21H34O2. The van der Waals surface area contributed by atoms with E-state index in [9.17, 15) is 4.79 Å². The van der Waals surface area contributed by atoms with Gasteiger partial charge in [0.25, 0.3) is 0 Å². The molecule has 0 aromatic rings. The smallest absolute Gasteiger partial charge is 0.312 e. The van der Waals surface area contributed by atoms with Crippen LogP contribution in [0.1, 0.15) is 80.6 Å². The Balaban J connectivity index is 1.55. The molecule has 0 aromatic heterocycles. The van der Waals surface area contributed by atoms with E-state index in [0.29, 0.717) is 5.41 Å². The molecule has 0 aliphatic heterocycles. The van der Waals surface area contributed by atoms with Crippen molar-refractivity contribution in [1.82, 2.24) is 0 Å². The van der Waals surface area contributed by atoms with E-state index in [1.807, 2.05) is 0 Å². The number of carbonyl (C=O) groups excluding carboxylic acids is 1. The molecule has 2 nitrogen and oxygen atoms in total. The van der Waals surface area contributed by atoms with Crippen molar-refractivity contribution in [3.05, 3.63) is 0 Å². The average molecular weight is 319 g/mol. The second-order valence-electron chi connectivity index (χ2n) is 11.6. The summed E-state index contributed by atoms with van der Waals surface area (Å²) < 4.78 is 6.40. The lowest BCUT2D eigenvalue weighted by molar-refractivity contribution is -0.450. The van der Waals surface area contributed by atoms with Crippen LogP contribution in [0, 0.1) is 39.4 Å². The lowest BCUT2D eigenvalue weighted by Gasteiger charge is -2.89. The molecule has 0 N–H and O–H groups in total. The van der Waals surface area contributed by atoms with Crippen molar-refractivity contribution in [3.63, 3.8) is 0 Å². The summed E-state index contributed by atoms with van der Waals surface area (Å²) in [7, 11) is 0. The molecule has 23 heavy (non-hydrogen) atoms. The molecule has 4 aliphatic carbocycles. The Labute approximate surface area is 141 Å². The Morgan fingerprint density at radius 2 is 1.48 bits per heavy atom. The Bertz CT molecular complexity index is 536. The van der Waals surface area contributed by atoms with E-state index in [2.05, 4.69) is 48.5 Å². The van der Waals surface area contributed by atoms with Crippen molar-refractivity contribution in [2.75, 3.05) is 0 Å². The molecule has 4 saturated carbocycles. The van der Waals surface area contributed by atoms with E-state index in [0.717, 1.165) is 37.0 Å². The number of hydrogen-bond acceptors (Lipinski definition) is 2. The van der Waals surface area contributed by atoms with Crippen LogP contribution < -0.4 is 0 Å². The van der Waals surface area contributed by atoms with Crippen LogP contribution in [0.4, 0.5) is 0 Å². The third-order valence-electron chi connectivity index (χ3n) is 8.38. The van der Waals surface area contributed by atoms with Gasteiger partial charge in [0.2, 0.25) is 0 Å². The van der Waals surface area contributed by atoms with Crippen LogP contribution in [-0.4, -0.2) is 11.6 Å². The zero-order valence-corrected chi connectivity index (χ0v) is 16.1. The summed E-state index contributed by atoms with van der Waals surface area (Å²) in [6, 6.07) is 0. The lowest BCUT2D eigenvalue weighted by atomic mass is 9.16. The van der Waals surface area contributed by atoms with Crippen LogP contribution in [0.25, 0.3) is 0 Å². The molecule has 1 spiro atoms. The van der Waals surface area contributed by atoms with Gasteiger partial charge in [-0.1, -0.05) is 41.5 Å². The topological polar surface area (TPSA) is 26.3 Å². The first-order valence-electron chi connectivity index (χ1n) is 9.59. The maximum Gasteiger partial charge on any atom is 0.312 e. The fourth-order valence-corrected chi connectivity index (χ4v) is 7.00. The van der Waals surface area contributed by atoms with Gasteiger partial charge in [0, 0.05) is 5.41 Å². The number of hydrogen-bond donors (Lipinski definition) is 0. The second-order valence-corrected chi connectivity index (χ2v) is 11.6. The predicted octanol–water partition coefficient (Wildman–Crippen LogP) is 5.21. The van der Waals surface area contributed by atoms with Gasteiger partial charge in [0.15, 0.2) is 0 Å². The molecule has 0 heterocycles. The van der Waals surface area contributed by atoms with Crippen molar-refractivity contribution in [1.29, 1.82) is 0 Å². The molecule has 0 amide bonds. The molecule has 0 saturated heterocycles. The molecule has 4 fully saturated rings. The Kier molecular flexibility index (Phi) is 2.77. The predicted molar refractivity (Wildman–Crippen MR) is 91.8 cm³/mol. The van der Waals surface area contributed by atoms with Crippen molar-refractivity contribution < 1.29 is 9.53 Å². The van der Waals surface area contributed by atoms with Gasteiger partial charge in [-0.05, 0) is 67.6 Å². The van der Waals surface area contributed by atoms with Gasteiger partial charge in [-0.3, -0.25) is 4.79 Å². The highest BCUT2D eigenvalue weighted by Crippen LogP contribution is 2.90. The summed E-state index contributed by atoms with van der Waals surface area (Å²) in [6.45, 7) is 15.4. The molecule has 0 aromatic carbocycles. The maximum absolute atomic E-state index is 13.3. The Morgan fingerprint density at radius 3 is 1.83 bits per heavy atom. The van der Waals surface area contributed by atoms with E-state index in [1.54, 1.807) is 0 Å².